The highest BCUT2D eigenvalue weighted by Crippen LogP contribution is 2.78. The highest BCUT2D eigenvalue weighted by Gasteiger charge is 2.74. The van der Waals surface area contributed by atoms with Gasteiger partial charge in [-0.15, -0.1) is 0 Å². The lowest BCUT2D eigenvalue weighted by molar-refractivity contribution is 0.265. The minimum atomic E-state index is -3.45. The Morgan fingerprint density at radius 3 is 2.65 bits per heavy atom. The van der Waals surface area contributed by atoms with Crippen LogP contribution in [0.2, 0.25) is 0 Å². The van der Waals surface area contributed by atoms with Gasteiger partial charge in [-0.25, -0.2) is 8.42 Å². The summed E-state index contributed by atoms with van der Waals surface area (Å²) in [4.78, 5) is 0.413. The molecule has 4 heteroatoms. The van der Waals surface area contributed by atoms with Crippen LogP contribution in [0, 0.1) is 23.7 Å². The molecule has 3 atom stereocenters. The Hall–Kier alpha value is -1.29. The molecule has 26 heavy (non-hydrogen) atoms. The molecule has 2 aliphatic carbocycles. The molecule has 1 aliphatic heterocycles. The van der Waals surface area contributed by atoms with E-state index in [4.69, 9.17) is 0 Å². The fourth-order valence-corrected chi connectivity index (χ4v) is 7.22. The van der Waals surface area contributed by atoms with Crippen molar-refractivity contribution in [1.29, 1.82) is 0 Å². The Bertz CT molecular complexity index is 798. The van der Waals surface area contributed by atoms with Gasteiger partial charge < -0.3 is 0 Å². The van der Waals surface area contributed by atoms with Gasteiger partial charge in [0.05, 0.1) is 4.90 Å². The summed E-state index contributed by atoms with van der Waals surface area (Å²) in [5, 5.41) is 0. The molecule has 2 saturated carbocycles. The number of hydrogen-bond acceptors (Lipinski definition) is 2. The first kappa shape index (κ1) is 18.1. The summed E-state index contributed by atoms with van der Waals surface area (Å²) in [6, 6.07) is 7.26. The van der Waals surface area contributed by atoms with Gasteiger partial charge in [-0.1, -0.05) is 62.8 Å². The van der Waals surface area contributed by atoms with Gasteiger partial charge in [0.1, 0.15) is 0 Å². The number of allylic oxidation sites excluding steroid dienone is 1. The monoisotopic (exact) mass is 373 g/mol. The summed E-state index contributed by atoms with van der Waals surface area (Å²) in [5.74, 6) is 0.679. The fourth-order valence-electron chi connectivity index (χ4n) is 5.85. The molecule has 1 aromatic rings. The van der Waals surface area contributed by atoms with Gasteiger partial charge in [0.15, 0.2) is 0 Å². The van der Waals surface area contributed by atoms with E-state index in [1.807, 2.05) is 25.3 Å². The summed E-state index contributed by atoms with van der Waals surface area (Å²) >= 11 is 0. The molecule has 0 bridgehead atoms. The van der Waals surface area contributed by atoms with Crippen molar-refractivity contribution in [3.05, 3.63) is 42.1 Å². The van der Waals surface area contributed by atoms with Crippen LogP contribution in [0.5, 0.6) is 0 Å². The number of fused-ring (bicyclic) bond motifs is 1. The molecular weight excluding hydrogens is 342 g/mol. The van der Waals surface area contributed by atoms with E-state index in [0.29, 0.717) is 17.4 Å². The first-order valence-electron chi connectivity index (χ1n) is 10.2. The Morgan fingerprint density at radius 1 is 1.15 bits per heavy atom. The Kier molecular flexibility index (Phi) is 4.45. The van der Waals surface area contributed by atoms with Gasteiger partial charge in [0.2, 0.25) is 0 Å². The zero-order chi connectivity index (χ0) is 18.4. The highest BCUT2D eigenvalue weighted by atomic mass is 32.2. The van der Waals surface area contributed by atoms with Crippen molar-refractivity contribution in [2.45, 2.75) is 70.1 Å². The van der Waals surface area contributed by atoms with Crippen LogP contribution in [0.25, 0.3) is 0 Å². The van der Waals surface area contributed by atoms with Gasteiger partial charge in [-0.05, 0) is 44.2 Å². The summed E-state index contributed by atoms with van der Waals surface area (Å²) in [7, 11) is -3.45. The molecule has 0 amide bonds. The van der Waals surface area contributed by atoms with E-state index in [2.05, 4.69) is 13.0 Å². The van der Waals surface area contributed by atoms with Gasteiger partial charge in [0.25, 0.3) is 10.0 Å². The molecule has 1 spiro atoms. The van der Waals surface area contributed by atoms with Crippen molar-refractivity contribution in [2.75, 3.05) is 6.54 Å². The molecule has 0 unspecified atom stereocenters. The van der Waals surface area contributed by atoms with Crippen molar-refractivity contribution in [3.63, 3.8) is 0 Å². The summed E-state index contributed by atoms with van der Waals surface area (Å²) < 4.78 is 28.1. The van der Waals surface area contributed by atoms with Gasteiger partial charge in [0, 0.05) is 23.6 Å². The summed E-state index contributed by atoms with van der Waals surface area (Å²) in [6.45, 7) is 4.91. The first-order chi connectivity index (χ1) is 12.5. The van der Waals surface area contributed by atoms with Crippen LogP contribution in [0.1, 0.15) is 63.9 Å². The maximum absolute atomic E-state index is 13.2. The number of aryl methyl sites for hydroxylation is 1. The van der Waals surface area contributed by atoms with E-state index >= 15 is 0 Å². The van der Waals surface area contributed by atoms with E-state index in [-0.39, 0.29) is 10.8 Å². The minimum absolute atomic E-state index is 0.186. The SMILES string of the molecule is CCCC[C@@]12C=CN(S(=O)(=O)c3ccc(C)cc3)C[C@@]13CCCCC[C@H]32. The Labute approximate surface area is 158 Å². The number of sulfonamides is 1. The van der Waals surface area contributed by atoms with Crippen LogP contribution in [0.3, 0.4) is 0 Å². The van der Waals surface area contributed by atoms with E-state index in [1.54, 1.807) is 16.4 Å². The second-order valence-corrected chi connectivity index (χ2v) is 10.5. The first-order valence-corrected chi connectivity index (χ1v) is 11.7. The predicted molar refractivity (Wildman–Crippen MR) is 105 cm³/mol. The van der Waals surface area contributed by atoms with Gasteiger partial charge >= 0.3 is 0 Å². The molecule has 0 saturated heterocycles. The van der Waals surface area contributed by atoms with Crippen LogP contribution in [-0.4, -0.2) is 19.3 Å². The van der Waals surface area contributed by atoms with E-state index in [9.17, 15) is 8.42 Å². The van der Waals surface area contributed by atoms with E-state index in [0.717, 1.165) is 5.56 Å². The second kappa shape index (κ2) is 6.40. The smallest absolute Gasteiger partial charge is 0.263 e. The third-order valence-corrected chi connectivity index (χ3v) is 9.03. The number of nitrogens with zero attached hydrogens (tertiary/aromatic N) is 1. The summed E-state index contributed by atoms with van der Waals surface area (Å²) in [5.41, 5.74) is 1.54. The number of hydrogen-bond donors (Lipinski definition) is 0. The fraction of sp³-hybridized carbons (Fsp3) is 0.636. The zero-order valence-electron chi connectivity index (χ0n) is 16.1. The molecule has 1 aromatic carbocycles. The van der Waals surface area contributed by atoms with Crippen molar-refractivity contribution in [1.82, 2.24) is 4.31 Å². The van der Waals surface area contributed by atoms with Crippen LogP contribution in [0.4, 0.5) is 0 Å². The molecule has 0 radical (unpaired) electrons. The van der Waals surface area contributed by atoms with Gasteiger partial charge in [-0.2, -0.15) is 0 Å². The normalized spacial score (nSPS) is 33.3. The average molecular weight is 374 g/mol. The van der Waals surface area contributed by atoms with Crippen LogP contribution in [0.15, 0.2) is 41.4 Å². The molecular formula is C22H31NO2S. The number of benzene rings is 1. The van der Waals surface area contributed by atoms with Crippen molar-refractivity contribution in [3.8, 4) is 0 Å². The van der Waals surface area contributed by atoms with E-state index < -0.39 is 10.0 Å². The maximum Gasteiger partial charge on any atom is 0.263 e. The van der Waals surface area contributed by atoms with Crippen molar-refractivity contribution in [2.24, 2.45) is 16.7 Å². The minimum Gasteiger partial charge on any atom is -0.273 e. The van der Waals surface area contributed by atoms with Crippen LogP contribution >= 0.6 is 0 Å². The Morgan fingerprint density at radius 2 is 1.92 bits per heavy atom. The lowest BCUT2D eigenvalue weighted by Gasteiger charge is -2.34. The lowest BCUT2D eigenvalue weighted by Crippen LogP contribution is -2.37. The molecule has 142 valence electrons. The quantitative estimate of drug-likeness (QED) is 0.705. The topological polar surface area (TPSA) is 37.4 Å². The molecule has 4 rings (SSSR count). The second-order valence-electron chi connectivity index (χ2n) is 8.63. The third kappa shape index (κ3) is 2.56. The third-order valence-electron chi connectivity index (χ3n) is 7.30. The van der Waals surface area contributed by atoms with Crippen LogP contribution in [-0.2, 0) is 10.0 Å². The van der Waals surface area contributed by atoms with Crippen LogP contribution < -0.4 is 0 Å². The Balaban J connectivity index is 1.66. The highest BCUT2D eigenvalue weighted by molar-refractivity contribution is 7.89. The van der Waals surface area contributed by atoms with Crippen molar-refractivity contribution < 1.29 is 8.42 Å². The standard InChI is InChI=1S/C22H31NO2S/c1-3-4-13-21-15-16-23(17-22(21)14-7-5-6-8-20(21)22)26(24,25)19-11-9-18(2)10-12-19/h9-12,15-16,20H,3-8,13-14,17H2,1-2H3/t20-,21-,22+/m0/s1. The largest absolute Gasteiger partial charge is 0.273 e. The van der Waals surface area contributed by atoms with Gasteiger partial charge in [-0.3, -0.25) is 4.31 Å². The molecule has 3 nitrogen and oxygen atoms in total. The average Bonchev–Trinajstić information content (AvgIpc) is 3.26. The maximum atomic E-state index is 13.2. The number of unbranched alkanes of at least 4 members (excludes halogenated alkanes) is 1. The van der Waals surface area contributed by atoms with E-state index in [1.165, 1.54) is 51.4 Å². The van der Waals surface area contributed by atoms with Crippen molar-refractivity contribution >= 4 is 10.0 Å². The lowest BCUT2D eigenvalue weighted by atomic mass is 9.82. The number of rotatable bonds is 5. The molecule has 0 aromatic heterocycles. The molecule has 0 N–H and O–H groups in total. The molecule has 3 aliphatic rings. The zero-order valence-corrected chi connectivity index (χ0v) is 16.9. The predicted octanol–water partition coefficient (Wildman–Crippen LogP) is 5.27. The molecule has 1 heterocycles. The summed E-state index contributed by atoms with van der Waals surface area (Å²) in [6.07, 6.45) is 14.2. The molecule has 2 fully saturated rings.